The molecule has 2 rings (SSSR count). The van der Waals surface area contributed by atoms with Crippen LogP contribution in [0.4, 0.5) is 0 Å². The number of ether oxygens (including phenoxy) is 1. The van der Waals surface area contributed by atoms with Crippen molar-refractivity contribution < 1.29 is 23.6 Å². The lowest BCUT2D eigenvalue weighted by molar-refractivity contribution is -0.0277. The first kappa shape index (κ1) is 8.19. The van der Waals surface area contributed by atoms with E-state index in [-0.39, 0.29) is 41.5 Å². The van der Waals surface area contributed by atoms with Crippen LogP contribution in [0.15, 0.2) is 24.3 Å². The minimum absolute atomic E-state index is 0. The molecular formula is C17H28ClNO2. The van der Waals surface area contributed by atoms with Crippen LogP contribution >= 0.6 is 12.4 Å². The van der Waals surface area contributed by atoms with Gasteiger partial charge in [-0.2, -0.15) is 0 Å². The normalized spacial score (nSPS) is 28.0. The molecule has 0 unspecified atom stereocenters. The van der Waals surface area contributed by atoms with Gasteiger partial charge in [0.15, 0.2) is 0 Å². The molecule has 1 atom stereocenters. The Labute approximate surface area is 148 Å². The molecule has 0 aliphatic heterocycles. The van der Waals surface area contributed by atoms with Crippen LogP contribution in [0.25, 0.3) is 0 Å². The van der Waals surface area contributed by atoms with Gasteiger partial charge in [0.1, 0.15) is 5.75 Å². The number of rotatable bonds is 5. The average Bonchev–Trinajstić information content (AvgIpc) is 2.53. The van der Waals surface area contributed by atoms with Crippen molar-refractivity contribution in [1.82, 2.24) is 4.90 Å². The molecule has 1 fully saturated rings. The minimum Gasteiger partial charge on any atom is -0.497 e. The van der Waals surface area contributed by atoms with E-state index in [2.05, 4.69) is 0 Å². The van der Waals surface area contributed by atoms with E-state index in [0.29, 0.717) is 12.8 Å². The second-order valence-electron chi connectivity index (χ2n) is 5.27. The maximum atomic E-state index is 11.4. The third-order valence-electron chi connectivity index (χ3n) is 3.86. The van der Waals surface area contributed by atoms with Gasteiger partial charge in [0, 0.05) is 22.0 Å². The zero-order valence-electron chi connectivity index (χ0n) is 21.7. The minimum atomic E-state index is -3.08. The zero-order valence-corrected chi connectivity index (χ0v) is 12.5. The van der Waals surface area contributed by atoms with E-state index >= 15 is 0 Å². The molecule has 0 heterocycles. The van der Waals surface area contributed by atoms with Gasteiger partial charge in [0.25, 0.3) is 0 Å². The summed E-state index contributed by atoms with van der Waals surface area (Å²) in [7, 11) is -2.67. The van der Waals surface area contributed by atoms with Gasteiger partial charge in [-0.05, 0) is 44.5 Å². The largest absolute Gasteiger partial charge is 0.497 e. The number of hydrogen-bond acceptors (Lipinski definition) is 3. The number of halogens is 1. The number of benzene rings is 1. The van der Waals surface area contributed by atoms with E-state index < -0.39 is 39.0 Å². The molecule has 1 aromatic rings. The maximum absolute atomic E-state index is 11.4. The van der Waals surface area contributed by atoms with Gasteiger partial charge in [-0.25, -0.2) is 0 Å². The van der Waals surface area contributed by atoms with Gasteiger partial charge < -0.3 is 14.7 Å². The molecular weight excluding hydrogens is 286 g/mol. The SMILES string of the molecule is Cl.[2H]C([2H])N(C([2H])([2H])[2H])C([2H])([2H])[C@@H](c1ccc(OC([2H])([2H])[2H])cc1)C1(O)CCCCC1. The topological polar surface area (TPSA) is 32.7 Å². The summed E-state index contributed by atoms with van der Waals surface area (Å²) < 4.78 is 81.8. The van der Waals surface area contributed by atoms with Gasteiger partial charge in [-0.3, -0.25) is 0 Å². The molecule has 1 aliphatic rings. The van der Waals surface area contributed by atoms with Crippen LogP contribution in [0.3, 0.4) is 0 Å². The number of methoxy groups -OCH3 is 1. The molecule has 120 valence electrons. The van der Waals surface area contributed by atoms with Crippen molar-refractivity contribution in [1.29, 1.82) is 0 Å². The van der Waals surface area contributed by atoms with Gasteiger partial charge in [-0.15, -0.1) is 12.4 Å². The van der Waals surface area contributed by atoms with E-state index in [1.807, 2.05) is 0 Å². The Hall–Kier alpha value is -0.770. The first-order valence-corrected chi connectivity index (χ1v) is 6.73. The van der Waals surface area contributed by atoms with E-state index in [9.17, 15) is 5.11 Å². The summed E-state index contributed by atoms with van der Waals surface area (Å²) in [5.74, 6) is -1.37. The molecule has 0 saturated heterocycles. The van der Waals surface area contributed by atoms with Crippen LogP contribution in [0, 0.1) is 0 Å². The zero-order chi connectivity index (χ0) is 23.0. The Bertz CT molecular complexity index is 702. The highest BCUT2D eigenvalue weighted by molar-refractivity contribution is 5.85. The monoisotopic (exact) mass is 323 g/mol. The molecule has 0 amide bonds. The predicted molar refractivity (Wildman–Crippen MR) is 89.6 cm³/mol. The molecule has 21 heavy (non-hydrogen) atoms. The predicted octanol–water partition coefficient (Wildman–Crippen LogP) is 3.46. The van der Waals surface area contributed by atoms with E-state index in [0.717, 1.165) is 6.42 Å². The quantitative estimate of drug-likeness (QED) is 0.900. The van der Waals surface area contributed by atoms with Crippen molar-refractivity contribution in [3.8, 4) is 5.75 Å². The van der Waals surface area contributed by atoms with Crippen molar-refractivity contribution >= 4 is 12.4 Å². The summed E-state index contributed by atoms with van der Waals surface area (Å²) in [6.07, 6.45) is 2.58. The van der Waals surface area contributed by atoms with Crippen LogP contribution in [0.2, 0.25) is 0 Å². The number of aliphatic hydroxyl groups is 1. The van der Waals surface area contributed by atoms with Gasteiger partial charge in [0.05, 0.1) is 16.8 Å². The van der Waals surface area contributed by atoms with Gasteiger partial charge in [0.2, 0.25) is 0 Å². The summed E-state index contributed by atoms with van der Waals surface area (Å²) in [6.45, 7) is -7.98. The third kappa shape index (κ3) is 4.60. The van der Waals surface area contributed by atoms with Gasteiger partial charge in [-0.1, -0.05) is 31.4 Å². The third-order valence-corrected chi connectivity index (χ3v) is 3.86. The summed E-state index contributed by atoms with van der Waals surface area (Å²) >= 11 is 0. The fraction of sp³-hybridized carbons (Fsp3) is 0.647. The van der Waals surface area contributed by atoms with Crippen LogP contribution < -0.4 is 4.74 Å². The smallest absolute Gasteiger partial charge is 0.118 e. The molecule has 1 N–H and O–H groups in total. The van der Waals surface area contributed by atoms with Crippen molar-refractivity contribution in [3.63, 3.8) is 0 Å². The van der Waals surface area contributed by atoms with Crippen molar-refractivity contribution in [3.05, 3.63) is 29.8 Å². The fourth-order valence-corrected chi connectivity index (χ4v) is 2.83. The Morgan fingerprint density at radius 2 is 2.05 bits per heavy atom. The summed E-state index contributed by atoms with van der Waals surface area (Å²) in [6, 6.07) is 5.40. The summed E-state index contributed by atoms with van der Waals surface area (Å²) in [4.78, 5) is 0.171. The molecule has 4 heteroatoms. The second-order valence-corrected chi connectivity index (χ2v) is 5.27. The highest BCUT2D eigenvalue weighted by Gasteiger charge is 2.38. The maximum Gasteiger partial charge on any atom is 0.118 e. The first-order valence-electron chi connectivity index (χ1n) is 11.9. The lowest BCUT2D eigenvalue weighted by Gasteiger charge is -2.40. The van der Waals surface area contributed by atoms with E-state index in [1.165, 1.54) is 24.3 Å². The Morgan fingerprint density at radius 3 is 2.62 bits per heavy atom. The molecule has 0 bridgehead atoms. The first-order chi connectivity index (χ1) is 13.6. The molecule has 3 nitrogen and oxygen atoms in total. The van der Waals surface area contributed by atoms with Crippen LogP contribution in [0.5, 0.6) is 5.75 Å². The van der Waals surface area contributed by atoms with Crippen LogP contribution in [-0.4, -0.2) is 43.1 Å². The van der Waals surface area contributed by atoms with Crippen LogP contribution in [0.1, 0.15) is 57.3 Å². The van der Waals surface area contributed by atoms with Crippen molar-refractivity contribution in [2.45, 2.75) is 43.6 Å². The highest BCUT2D eigenvalue weighted by Crippen LogP contribution is 2.40. The van der Waals surface area contributed by atoms with E-state index in [4.69, 9.17) is 18.4 Å². The molecule has 0 spiro atoms. The number of likely N-dealkylation sites (N-methyl/N-ethyl adjacent to an activating group) is 1. The Morgan fingerprint density at radius 1 is 1.33 bits per heavy atom. The Kier molecular flexibility index (Phi) is 3.13. The standard InChI is InChI=1S/C17H27NO2.ClH/c1-18(2)13-16(17(19)11-5-4-6-12-17)14-7-9-15(20-3)10-8-14;/h7-10,16,19H,4-6,11-13H2,1-3H3;1H/t16-;/m0./s1/i1D2,2D3,3D3,13D2;. The fourth-order valence-electron chi connectivity index (χ4n) is 2.83. The molecule has 0 radical (unpaired) electrons. The average molecular weight is 324 g/mol. The van der Waals surface area contributed by atoms with Gasteiger partial charge >= 0.3 is 0 Å². The van der Waals surface area contributed by atoms with Crippen LogP contribution in [-0.2, 0) is 0 Å². The molecule has 1 aliphatic carbocycles. The van der Waals surface area contributed by atoms with Crippen molar-refractivity contribution in [2.75, 3.05) is 27.5 Å². The summed E-state index contributed by atoms with van der Waals surface area (Å²) in [5.41, 5.74) is -1.36. The van der Waals surface area contributed by atoms with Crippen molar-refractivity contribution in [2.24, 2.45) is 0 Å². The molecule has 0 aromatic heterocycles. The van der Waals surface area contributed by atoms with E-state index in [1.54, 1.807) is 0 Å². The molecule has 1 saturated carbocycles. The molecule has 1 aromatic carbocycles. The summed E-state index contributed by atoms with van der Waals surface area (Å²) in [5, 5.41) is 11.4. The second kappa shape index (κ2) is 8.02. The number of hydrogen-bond donors (Lipinski definition) is 1. The lowest BCUT2D eigenvalue weighted by Crippen LogP contribution is -2.42. The number of nitrogens with zero attached hydrogens (tertiary/aromatic N) is 1. The highest BCUT2D eigenvalue weighted by atomic mass is 35.5. The lowest BCUT2D eigenvalue weighted by atomic mass is 9.72. The Balaban J connectivity index is 0.00000480.